The molecule has 0 aliphatic carbocycles. The summed E-state index contributed by atoms with van der Waals surface area (Å²) in [6, 6.07) is 3.60. The molecule has 4 heteroatoms. The van der Waals surface area contributed by atoms with E-state index in [4.69, 9.17) is 16.7 Å². The van der Waals surface area contributed by atoms with E-state index in [2.05, 4.69) is 15.9 Å². The van der Waals surface area contributed by atoms with E-state index in [0.717, 1.165) is 16.1 Å². The van der Waals surface area contributed by atoms with Gasteiger partial charge in [0.25, 0.3) is 0 Å². The van der Waals surface area contributed by atoms with Crippen molar-refractivity contribution in [2.24, 2.45) is 0 Å². The Morgan fingerprint density at radius 2 is 2.21 bits per heavy atom. The molecule has 0 saturated carbocycles. The average molecular weight is 276 g/mol. The first-order chi connectivity index (χ1) is 6.52. The number of hydrogen-bond acceptors (Lipinski definition) is 1. The fourth-order valence-corrected chi connectivity index (χ4v) is 1.80. The van der Waals surface area contributed by atoms with Gasteiger partial charge in [0.05, 0.1) is 0 Å². The van der Waals surface area contributed by atoms with Crippen LogP contribution >= 0.6 is 27.5 Å². The number of hydrogen-bond donors (Lipinski definition) is 1. The monoisotopic (exact) mass is 274 g/mol. The number of carboxylic acids is 1. The summed E-state index contributed by atoms with van der Waals surface area (Å²) >= 11 is 9.26. The second-order valence-corrected chi connectivity index (χ2v) is 3.96. The zero-order chi connectivity index (χ0) is 10.7. The highest BCUT2D eigenvalue weighted by molar-refractivity contribution is 9.10. The molecule has 0 saturated heterocycles. The molecular weight excluding hydrogens is 267 g/mol. The van der Waals surface area contributed by atoms with Crippen molar-refractivity contribution in [3.8, 4) is 0 Å². The van der Waals surface area contributed by atoms with Crippen LogP contribution in [0.1, 0.15) is 11.1 Å². The third-order valence-corrected chi connectivity index (χ3v) is 3.09. The molecule has 0 aliphatic rings. The van der Waals surface area contributed by atoms with Crippen LogP contribution in [0, 0.1) is 6.92 Å². The minimum atomic E-state index is -0.991. The highest BCUT2D eigenvalue weighted by Crippen LogP contribution is 2.29. The molecule has 1 aromatic rings. The van der Waals surface area contributed by atoms with Crippen molar-refractivity contribution in [2.45, 2.75) is 6.92 Å². The normalized spacial score (nSPS) is 10.8. The van der Waals surface area contributed by atoms with Crippen LogP contribution < -0.4 is 0 Å². The van der Waals surface area contributed by atoms with Gasteiger partial charge in [-0.3, -0.25) is 0 Å². The number of carboxylic acid groups (broad SMARTS) is 1. The molecule has 0 aromatic heterocycles. The first kappa shape index (κ1) is 11.3. The Morgan fingerprint density at radius 1 is 1.57 bits per heavy atom. The molecule has 74 valence electrons. The minimum Gasteiger partial charge on any atom is -0.478 e. The fourth-order valence-electron chi connectivity index (χ4n) is 0.986. The molecule has 0 fully saturated rings. The van der Waals surface area contributed by atoms with E-state index in [-0.39, 0.29) is 0 Å². The van der Waals surface area contributed by atoms with Gasteiger partial charge in [-0.05, 0) is 40.6 Å². The largest absolute Gasteiger partial charge is 0.478 e. The summed E-state index contributed by atoms with van der Waals surface area (Å²) in [7, 11) is 0. The van der Waals surface area contributed by atoms with Crippen LogP contribution in [0.15, 0.2) is 22.7 Å². The molecule has 0 radical (unpaired) electrons. The van der Waals surface area contributed by atoms with Crippen molar-refractivity contribution >= 4 is 39.6 Å². The second-order valence-electron chi connectivity index (χ2n) is 2.76. The van der Waals surface area contributed by atoms with Gasteiger partial charge in [-0.1, -0.05) is 17.7 Å². The summed E-state index contributed by atoms with van der Waals surface area (Å²) in [6.45, 7) is 1.92. The Hall–Kier alpha value is -0.800. The predicted octanol–water partition coefficient (Wildman–Crippen LogP) is 3.51. The smallest absolute Gasteiger partial charge is 0.328 e. The molecule has 0 amide bonds. The molecule has 0 aliphatic heterocycles. The topological polar surface area (TPSA) is 37.3 Å². The van der Waals surface area contributed by atoms with Gasteiger partial charge in [-0.2, -0.15) is 0 Å². The molecule has 0 spiro atoms. The van der Waals surface area contributed by atoms with Gasteiger partial charge in [0.15, 0.2) is 0 Å². The average Bonchev–Trinajstić information content (AvgIpc) is 2.11. The molecular formula is C10H8BrClO2. The fraction of sp³-hybridized carbons (Fsp3) is 0.100. The van der Waals surface area contributed by atoms with E-state index in [1.807, 2.05) is 13.0 Å². The van der Waals surface area contributed by atoms with E-state index >= 15 is 0 Å². The van der Waals surface area contributed by atoms with Crippen LogP contribution in [0.2, 0.25) is 5.02 Å². The molecule has 1 aromatic carbocycles. The number of benzene rings is 1. The van der Waals surface area contributed by atoms with Crippen molar-refractivity contribution in [2.75, 3.05) is 0 Å². The lowest BCUT2D eigenvalue weighted by Crippen LogP contribution is -1.88. The van der Waals surface area contributed by atoms with E-state index in [0.29, 0.717) is 10.6 Å². The number of aliphatic carboxylic acids is 1. The summed E-state index contributed by atoms with van der Waals surface area (Å²) < 4.78 is 0.822. The van der Waals surface area contributed by atoms with E-state index in [1.165, 1.54) is 6.08 Å². The van der Waals surface area contributed by atoms with E-state index < -0.39 is 5.97 Å². The molecule has 1 rings (SSSR count). The number of carbonyl (C=O) groups is 1. The highest BCUT2D eigenvalue weighted by Gasteiger charge is 2.04. The van der Waals surface area contributed by atoms with Crippen LogP contribution in [-0.2, 0) is 4.79 Å². The SMILES string of the molecule is Cc1ccc(Cl)c(/C=C/C(=O)O)c1Br. The van der Waals surface area contributed by atoms with Gasteiger partial charge in [-0.25, -0.2) is 4.79 Å². The van der Waals surface area contributed by atoms with Crippen LogP contribution in [0.5, 0.6) is 0 Å². The maximum atomic E-state index is 10.3. The summed E-state index contributed by atoms with van der Waals surface area (Å²) in [5.74, 6) is -0.991. The Balaban J connectivity index is 3.19. The van der Waals surface area contributed by atoms with Crippen LogP contribution in [0.4, 0.5) is 0 Å². The Labute approximate surface area is 95.3 Å². The second kappa shape index (κ2) is 4.62. The zero-order valence-electron chi connectivity index (χ0n) is 7.42. The highest BCUT2D eigenvalue weighted by atomic mass is 79.9. The lowest BCUT2D eigenvalue weighted by molar-refractivity contribution is -0.131. The maximum absolute atomic E-state index is 10.3. The van der Waals surface area contributed by atoms with E-state index in [1.54, 1.807) is 6.07 Å². The van der Waals surface area contributed by atoms with Crippen molar-refractivity contribution in [3.05, 3.63) is 38.8 Å². The van der Waals surface area contributed by atoms with Crippen molar-refractivity contribution < 1.29 is 9.90 Å². The summed E-state index contributed by atoms with van der Waals surface area (Å²) in [5.41, 5.74) is 1.70. The van der Waals surface area contributed by atoms with Crippen molar-refractivity contribution in [1.29, 1.82) is 0 Å². The third kappa shape index (κ3) is 2.59. The van der Waals surface area contributed by atoms with Crippen LogP contribution in [-0.4, -0.2) is 11.1 Å². The van der Waals surface area contributed by atoms with Crippen LogP contribution in [0.25, 0.3) is 6.08 Å². The van der Waals surface area contributed by atoms with Gasteiger partial charge in [0.1, 0.15) is 0 Å². The van der Waals surface area contributed by atoms with Crippen LogP contribution in [0.3, 0.4) is 0 Å². The van der Waals surface area contributed by atoms with Gasteiger partial charge < -0.3 is 5.11 Å². The lowest BCUT2D eigenvalue weighted by Gasteiger charge is -2.04. The third-order valence-electron chi connectivity index (χ3n) is 1.71. The summed E-state index contributed by atoms with van der Waals surface area (Å²) in [4.78, 5) is 10.3. The van der Waals surface area contributed by atoms with Crippen molar-refractivity contribution in [1.82, 2.24) is 0 Å². The Bertz CT molecular complexity index is 399. The first-order valence-electron chi connectivity index (χ1n) is 3.88. The molecule has 0 heterocycles. The Morgan fingerprint density at radius 3 is 2.79 bits per heavy atom. The molecule has 2 nitrogen and oxygen atoms in total. The quantitative estimate of drug-likeness (QED) is 0.839. The Kier molecular flexibility index (Phi) is 3.72. The lowest BCUT2D eigenvalue weighted by atomic mass is 10.1. The molecule has 0 bridgehead atoms. The molecule has 0 atom stereocenters. The number of rotatable bonds is 2. The van der Waals surface area contributed by atoms with Crippen molar-refractivity contribution in [3.63, 3.8) is 0 Å². The van der Waals surface area contributed by atoms with Gasteiger partial charge in [0, 0.05) is 21.1 Å². The van der Waals surface area contributed by atoms with Gasteiger partial charge in [0.2, 0.25) is 0 Å². The molecule has 0 unspecified atom stereocenters. The standard InChI is InChI=1S/C10H8BrClO2/c1-6-2-4-8(12)7(10(6)11)3-5-9(13)14/h2-5H,1H3,(H,13,14)/b5-3+. The molecule has 14 heavy (non-hydrogen) atoms. The predicted molar refractivity (Wildman–Crippen MR) is 60.6 cm³/mol. The van der Waals surface area contributed by atoms with E-state index in [9.17, 15) is 4.79 Å². The summed E-state index contributed by atoms with van der Waals surface area (Å²) in [5, 5.41) is 9.01. The first-order valence-corrected chi connectivity index (χ1v) is 5.05. The molecule has 1 N–H and O–H groups in total. The van der Waals surface area contributed by atoms with Gasteiger partial charge in [-0.15, -0.1) is 0 Å². The number of halogens is 2. The summed E-state index contributed by atoms with van der Waals surface area (Å²) in [6.07, 6.45) is 2.53. The van der Waals surface area contributed by atoms with Gasteiger partial charge >= 0.3 is 5.97 Å². The zero-order valence-corrected chi connectivity index (χ0v) is 9.76. The number of aryl methyl sites for hydroxylation is 1. The maximum Gasteiger partial charge on any atom is 0.328 e. The minimum absolute atomic E-state index is 0.528.